The van der Waals surface area contributed by atoms with E-state index < -0.39 is 11.8 Å². The van der Waals surface area contributed by atoms with Crippen molar-refractivity contribution in [1.29, 1.82) is 0 Å². The SMILES string of the molecule is Cc1c(OC(=O)c2ccccc2F)ccc2c1O/C(=C\c1ccccc1Cl)C2=O. The predicted octanol–water partition coefficient (Wildman–Crippen LogP) is 5.62. The van der Waals surface area contributed by atoms with Gasteiger partial charge in [0.1, 0.15) is 17.3 Å². The molecular formula is C23H14ClFO4. The highest BCUT2D eigenvalue weighted by molar-refractivity contribution is 6.32. The molecule has 4 rings (SSSR count). The lowest BCUT2D eigenvalue weighted by Gasteiger charge is -2.10. The molecule has 3 aromatic carbocycles. The molecular weight excluding hydrogens is 395 g/mol. The van der Waals surface area contributed by atoms with E-state index in [9.17, 15) is 14.0 Å². The van der Waals surface area contributed by atoms with Gasteiger partial charge in [0.05, 0.1) is 11.1 Å². The first kappa shape index (κ1) is 18.9. The Kier molecular flexibility index (Phi) is 4.91. The number of carbonyl (C=O) groups excluding carboxylic acids is 2. The highest BCUT2D eigenvalue weighted by atomic mass is 35.5. The second kappa shape index (κ2) is 7.53. The minimum atomic E-state index is -0.831. The van der Waals surface area contributed by atoms with Crippen LogP contribution >= 0.6 is 11.6 Å². The molecule has 0 amide bonds. The molecule has 0 unspecified atom stereocenters. The Morgan fingerprint density at radius 2 is 1.79 bits per heavy atom. The first-order chi connectivity index (χ1) is 14.0. The van der Waals surface area contributed by atoms with E-state index in [2.05, 4.69) is 0 Å². The zero-order valence-corrected chi connectivity index (χ0v) is 16.0. The lowest BCUT2D eigenvalue weighted by molar-refractivity contribution is 0.0728. The fourth-order valence-electron chi connectivity index (χ4n) is 2.99. The number of esters is 1. The Labute approximate surface area is 171 Å². The molecule has 0 N–H and O–H groups in total. The molecule has 0 saturated heterocycles. The molecule has 29 heavy (non-hydrogen) atoms. The van der Waals surface area contributed by atoms with Gasteiger partial charge in [-0.3, -0.25) is 4.79 Å². The molecule has 6 heteroatoms. The summed E-state index contributed by atoms with van der Waals surface area (Å²) in [6.07, 6.45) is 1.56. The molecule has 0 atom stereocenters. The average Bonchev–Trinajstić information content (AvgIpc) is 3.02. The van der Waals surface area contributed by atoms with E-state index in [1.165, 1.54) is 30.3 Å². The maximum atomic E-state index is 13.8. The Bertz CT molecular complexity index is 1180. The highest BCUT2D eigenvalue weighted by Gasteiger charge is 2.31. The van der Waals surface area contributed by atoms with Crippen LogP contribution in [0, 0.1) is 12.7 Å². The van der Waals surface area contributed by atoms with Gasteiger partial charge >= 0.3 is 5.97 Å². The van der Waals surface area contributed by atoms with Crippen molar-refractivity contribution in [3.05, 3.63) is 99.5 Å². The van der Waals surface area contributed by atoms with E-state index in [0.29, 0.717) is 27.5 Å². The quantitative estimate of drug-likeness (QED) is 0.320. The number of fused-ring (bicyclic) bond motifs is 1. The third kappa shape index (κ3) is 3.52. The summed E-state index contributed by atoms with van der Waals surface area (Å²) in [6.45, 7) is 1.66. The molecule has 0 aliphatic carbocycles. The highest BCUT2D eigenvalue weighted by Crippen LogP contribution is 2.39. The van der Waals surface area contributed by atoms with Gasteiger partial charge in [-0.25, -0.2) is 9.18 Å². The third-order valence-corrected chi connectivity index (χ3v) is 4.87. The molecule has 144 valence electrons. The number of Topliss-reactive ketones (excluding diaryl/α,β-unsaturated/α-hetero) is 1. The molecule has 0 spiro atoms. The number of halogens is 2. The van der Waals surface area contributed by atoms with Gasteiger partial charge < -0.3 is 9.47 Å². The van der Waals surface area contributed by atoms with E-state index >= 15 is 0 Å². The van der Waals surface area contributed by atoms with Crippen LogP contribution in [0.2, 0.25) is 5.02 Å². The van der Waals surface area contributed by atoms with E-state index in [1.807, 2.05) is 0 Å². The first-order valence-electron chi connectivity index (χ1n) is 8.75. The predicted molar refractivity (Wildman–Crippen MR) is 107 cm³/mol. The summed E-state index contributed by atoms with van der Waals surface area (Å²) in [5.41, 5.74) is 1.28. The van der Waals surface area contributed by atoms with Gasteiger partial charge in [-0.2, -0.15) is 0 Å². The summed E-state index contributed by atoms with van der Waals surface area (Å²) in [4.78, 5) is 25.0. The lowest BCUT2D eigenvalue weighted by atomic mass is 10.1. The zero-order chi connectivity index (χ0) is 20.5. The number of hydrogen-bond donors (Lipinski definition) is 0. The number of benzene rings is 3. The molecule has 1 heterocycles. The van der Waals surface area contributed by atoms with Gasteiger partial charge in [-0.1, -0.05) is 41.9 Å². The van der Waals surface area contributed by atoms with Crippen molar-refractivity contribution < 1.29 is 23.5 Å². The Morgan fingerprint density at radius 3 is 2.55 bits per heavy atom. The molecule has 0 bridgehead atoms. The fourth-order valence-corrected chi connectivity index (χ4v) is 3.18. The second-order valence-electron chi connectivity index (χ2n) is 6.40. The summed E-state index contributed by atoms with van der Waals surface area (Å²) in [5, 5.41) is 0.489. The Morgan fingerprint density at radius 1 is 1.07 bits per heavy atom. The van der Waals surface area contributed by atoms with Crippen LogP contribution < -0.4 is 9.47 Å². The van der Waals surface area contributed by atoms with E-state index in [-0.39, 0.29) is 22.9 Å². The van der Waals surface area contributed by atoms with Crippen molar-refractivity contribution in [3.8, 4) is 11.5 Å². The normalized spacial score (nSPS) is 13.9. The number of carbonyl (C=O) groups is 2. The van der Waals surface area contributed by atoms with E-state index in [0.717, 1.165) is 0 Å². The van der Waals surface area contributed by atoms with Gasteiger partial charge in [0.2, 0.25) is 5.78 Å². The minimum Gasteiger partial charge on any atom is -0.452 e. The molecule has 0 radical (unpaired) electrons. The molecule has 3 aromatic rings. The lowest BCUT2D eigenvalue weighted by Crippen LogP contribution is -2.11. The van der Waals surface area contributed by atoms with Crippen molar-refractivity contribution in [2.45, 2.75) is 6.92 Å². The molecule has 1 aliphatic heterocycles. The van der Waals surface area contributed by atoms with E-state index in [4.69, 9.17) is 21.1 Å². The molecule has 0 fully saturated rings. The second-order valence-corrected chi connectivity index (χ2v) is 6.80. The maximum Gasteiger partial charge on any atom is 0.346 e. The van der Waals surface area contributed by atoms with Gasteiger partial charge in [-0.15, -0.1) is 0 Å². The van der Waals surface area contributed by atoms with Crippen LogP contribution in [0.15, 0.2) is 66.4 Å². The van der Waals surface area contributed by atoms with Crippen molar-refractivity contribution >= 4 is 29.4 Å². The molecule has 1 aliphatic rings. The van der Waals surface area contributed by atoms with Crippen molar-refractivity contribution in [2.75, 3.05) is 0 Å². The fraction of sp³-hybridized carbons (Fsp3) is 0.0435. The number of ketones is 1. The zero-order valence-electron chi connectivity index (χ0n) is 15.2. The topological polar surface area (TPSA) is 52.6 Å². The van der Waals surface area contributed by atoms with Crippen LogP contribution in [0.1, 0.15) is 31.8 Å². The van der Waals surface area contributed by atoms with Crippen LogP contribution in [-0.4, -0.2) is 11.8 Å². The van der Waals surface area contributed by atoms with Gasteiger partial charge in [-0.05, 0) is 48.9 Å². The van der Waals surface area contributed by atoms with Crippen molar-refractivity contribution in [3.63, 3.8) is 0 Å². The van der Waals surface area contributed by atoms with Gasteiger partial charge in [0.25, 0.3) is 0 Å². The van der Waals surface area contributed by atoms with E-state index in [1.54, 1.807) is 43.3 Å². The molecule has 0 aromatic heterocycles. The van der Waals surface area contributed by atoms with Crippen LogP contribution in [0.3, 0.4) is 0 Å². The smallest absolute Gasteiger partial charge is 0.346 e. The largest absolute Gasteiger partial charge is 0.452 e. The monoisotopic (exact) mass is 408 g/mol. The van der Waals surface area contributed by atoms with Crippen LogP contribution in [0.25, 0.3) is 6.08 Å². The van der Waals surface area contributed by atoms with Crippen molar-refractivity contribution in [1.82, 2.24) is 0 Å². The van der Waals surface area contributed by atoms with Crippen LogP contribution in [-0.2, 0) is 0 Å². The minimum absolute atomic E-state index is 0.119. The van der Waals surface area contributed by atoms with Crippen LogP contribution in [0.4, 0.5) is 4.39 Å². The maximum absolute atomic E-state index is 13.8. The average molecular weight is 409 g/mol. The Balaban J connectivity index is 1.64. The van der Waals surface area contributed by atoms with Crippen molar-refractivity contribution in [2.24, 2.45) is 0 Å². The standard InChI is InChI=1S/C23H14ClFO4/c1-13-19(29-23(27)15-7-3-5-9-18(15)25)11-10-16-21(26)20(28-22(13)16)12-14-6-2-4-8-17(14)24/h2-12H,1H3/b20-12-. The number of ether oxygens (including phenoxy) is 2. The Hall–Kier alpha value is -3.44. The molecule has 0 saturated carbocycles. The summed E-state index contributed by atoms with van der Waals surface area (Å²) in [5.74, 6) is -1.20. The first-order valence-corrected chi connectivity index (χ1v) is 9.12. The molecule has 4 nitrogen and oxygen atoms in total. The third-order valence-electron chi connectivity index (χ3n) is 4.52. The summed E-state index contributed by atoms with van der Waals surface area (Å²) < 4.78 is 24.9. The summed E-state index contributed by atoms with van der Waals surface area (Å²) >= 11 is 6.15. The van der Waals surface area contributed by atoms with Gasteiger partial charge in [0.15, 0.2) is 5.76 Å². The summed E-state index contributed by atoms with van der Waals surface area (Å²) in [6, 6.07) is 15.6. The number of allylic oxidation sites excluding steroid dienone is 1. The van der Waals surface area contributed by atoms with Crippen LogP contribution in [0.5, 0.6) is 11.5 Å². The van der Waals surface area contributed by atoms with Gasteiger partial charge in [0, 0.05) is 10.6 Å². The number of rotatable bonds is 3. The number of hydrogen-bond acceptors (Lipinski definition) is 4. The summed E-state index contributed by atoms with van der Waals surface area (Å²) in [7, 11) is 0.